The molecule has 0 spiro atoms. The monoisotopic (exact) mass is 397 g/mol. The maximum Gasteiger partial charge on any atom is 0.319 e. The van der Waals surface area contributed by atoms with Crippen molar-refractivity contribution in [3.63, 3.8) is 0 Å². The molecule has 144 valence electrons. The molecular weight excluding hydrogens is 378 g/mol. The minimum absolute atomic E-state index is 0.128. The Morgan fingerprint density at radius 3 is 2.39 bits per heavy atom. The van der Waals surface area contributed by atoms with Gasteiger partial charge in [0.25, 0.3) is 0 Å². The molecule has 3 aromatic rings. The number of pyridine rings is 1. The Kier molecular flexibility index (Phi) is 5.90. The lowest BCUT2D eigenvalue weighted by Crippen LogP contribution is -2.28. The molecule has 1 heterocycles. The van der Waals surface area contributed by atoms with Crippen molar-refractivity contribution in [2.45, 2.75) is 16.3 Å². The van der Waals surface area contributed by atoms with Gasteiger partial charge in [-0.05, 0) is 60.2 Å². The molecule has 1 aromatic heterocycles. The third-order valence-corrected chi connectivity index (χ3v) is 5.74. The van der Waals surface area contributed by atoms with E-state index in [-0.39, 0.29) is 15.8 Å². The topological polar surface area (TPSA) is 97.4 Å². The molecule has 0 bridgehead atoms. The van der Waals surface area contributed by atoms with Crippen LogP contribution in [0.25, 0.3) is 0 Å². The van der Waals surface area contributed by atoms with Crippen LogP contribution in [0.2, 0.25) is 0 Å². The van der Waals surface area contributed by atoms with Crippen molar-refractivity contribution >= 4 is 21.6 Å². The predicted octanol–water partition coefficient (Wildman–Crippen LogP) is 3.24. The number of methoxy groups -OCH3 is 1. The van der Waals surface area contributed by atoms with Crippen molar-refractivity contribution in [3.05, 3.63) is 78.6 Å². The molecule has 0 atom stereocenters. The van der Waals surface area contributed by atoms with Gasteiger partial charge < -0.3 is 15.4 Å². The van der Waals surface area contributed by atoms with Gasteiger partial charge in [-0.15, -0.1) is 0 Å². The van der Waals surface area contributed by atoms with Crippen molar-refractivity contribution in [3.8, 4) is 5.75 Å². The Bertz CT molecular complexity index is 1050. The Morgan fingerprint density at radius 2 is 1.71 bits per heavy atom. The number of nitrogens with zero attached hydrogens (tertiary/aromatic N) is 1. The fraction of sp³-hybridized carbons (Fsp3) is 0.100. The van der Waals surface area contributed by atoms with E-state index in [2.05, 4.69) is 15.6 Å². The fourth-order valence-corrected chi connectivity index (χ4v) is 3.78. The van der Waals surface area contributed by atoms with Crippen LogP contribution in [-0.2, 0) is 16.4 Å². The summed E-state index contributed by atoms with van der Waals surface area (Å²) in [6.45, 7) is 0.358. The van der Waals surface area contributed by atoms with Crippen molar-refractivity contribution in [1.29, 1.82) is 0 Å². The standard InChI is InChI=1S/C20H19N3O4S/c1-27-17-3-2-4-19(13-17)28(25,26)18-7-5-16(6-8-18)23-20(24)22-14-15-9-11-21-12-10-15/h2-13H,14H2,1H3,(H2,22,23,24). The van der Waals surface area contributed by atoms with E-state index >= 15 is 0 Å². The molecule has 0 unspecified atom stereocenters. The minimum atomic E-state index is -3.68. The summed E-state index contributed by atoms with van der Waals surface area (Å²) in [6.07, 6.45) is 3.30. The first-order valence-electron chi connectivity index (χ1n) is 8.42. The predicted molar refractivity (Wildman–Crippen MR) is 105 cm³/mol. The number of amides is 2. The zero-order chi connectivity index (χ0) is 20.0. The summed E-state index contributed by atoms with van der Waals surface area (Å²) in [6, 6.07) is 15.5. The number of rotatable bonds is 6. The molecule has 2 N–H and O–H groups in total. The number of urea groups is 1. The lowest BCUT2D eigenvalue weighted by molar-refractivity contribution is 0.251. The van der Waals surface area contributed by atoms with Gasteiger partial charge in [0.05, 0.1) is 16.9 Å². The van der Waals surface area contributed by atoms with Gasteiger partial charge in [0.15, 0.2) is 0 Å². The molecule has 0 fully saturated rings. The lowest BCUT2D eigenvalue weighted by atomic mass is 10.3. The first-order chi connectivity index (χ1) is 13.5. The number of benzene rings is 2. The van der Waals surface area contributed by atoms with E-state index < -0.39 is 9.84 Å². The number of ether oxygens (including phenoxy) is 1. The summed E-state index contributed by atoms with van der Waals surface area (Å²) in [7, 11) is -2.20. The maximum atomic E-state index is 12.7. The van der Waals surface area contributed by atoms with E-state index in [1.54, 1.807) is 48.8 Å². The number of carbonyl (C=O) groups is 1. The normalized spacial score (nSPS) is 10.9. The second-order valence-corrected chi connectivity index (χ2v) is 7.82. The van der Waals surface area contributed by atoms with Gasteiger partial charge >= 0.3 is 6.03 Å². The van der Waals surface area contributed by atoms with Crippen LogP contribution in [-0.4, -0.2) is 26.5 Å². The number of carbonyl (C=O) groups excluding carboxylic acids is 1. The third kappa shape index (κ3) is 4.66. The first-order valence-corrected chi connectivity index (χ1v) is 9.90. The Hall–Kier alpha value is -3.39. The third-order valence-electron chi connectivity index (χ3n) is 3.98. The largest absolute Gasteiger partial charge is 0.497 e. The molecule has 28 heavy (non-hydrogen) atoms. The zero-order valence-electron chi connectivity index (χ0n) is 15.1. The van der Waals surface area contributed by atoms with Crippen LogP contribution in [0.3, 0.4) is 0 Å². The zero-order valence-corrected chi connectivity index (χ0v) is 15.9. The van der Waals surface area contributed by atoms with Crippen molar-refractivity contribution in [2.75, 3.05) is 12.4 Å². The van der Waals surface area contributed by atoms with Crippen LogP contribution in [0.4, 0.5) is 10.5 Å². The van der Waals surface area contributed by atoms with Crippen LogP contribution in [0, 0.1) is 0 Å². The van der Waals surface area contributed by atoms with Gasteiger partial charge in [-0.2, -0.15) is 0 Å². The molecule has 2 aromatic carbocycles. The summed E-state index contributed by atoms with van der Waals surface area (Å²) in [5.74, 6) is 0.463. The number of nitrogens with one attached hydrogen (secondary N) is 2. The van der Waals surface area contributed by atoms with Crippen LogP contribution < -0.4 is 15.4 Å². The van der Waals surface area contributed by atoms with E-state index in [4.69, 9.17) is 4.74 Å². The van der Waals surface area contributed by atoms with Gasteiger partial charge in [-0.1, -0.05) is 6.07 Å². The molecular formula is C20H19N3O4S. The molecule has 0 aliphatic heterocycles. The van der Waals surface area contributed by atoms with Gasteiger partial charge in [0.1, 0.15) is 5.75 Å². The van der Waals surface area contributed by atoms with Crippen LogP contribution >= 0.6 is 0 Å². The van der Waals surface area contributed by atoms with E-state index in [0.29, 0.717) is 18.0 Å². The summed E-state index contributed by atoms with van der Waals surface area (Å²) >= 11 is 0. The Morgan fingerprint density at radius 1 is 1.00 bits per heavy atom. The van der Waals surface area contributed by atoms with Crippen LogP contribution in [0.15, 0.2) is 82.8 Å². The minimum Gasteiger partial charge on any atom is -0.497 e. The Labute approximate surface area is 163 Å². The SMILES string of the molecule is COc1cccc(S(=O)(=O)c2ccc(NC(=O)NCc3ccncc3)cc2)c1. The van der Waals surface area contributed by atoms with Crippen LogP contribution in [0.5, 0.6) is 5.75 Å². The average molecular weight is 397 g/mol. The summed E-state index contributed by atoms with van der Waals surface area (Å²) in [5, 5.41) is 5.39. The van der Waals surface area contributed by atoms with E-state index in [1.807, 2.05) is 0 Å². The molecule has 2 amide bonds. The lowest BCUT2D eigenvalue weighted by Gasteiger charge is -2.09. The highest BCUT2D eigenvalue weighted by Crippen LogP contribution is 2.25. The van der Waals surface area contributed by atoms with E-state index in [9.17, 15) is 13.2 Å². The first kappa shape index (κ1) is 19.4. The van der Waals surface area contributed by atoms with E-state index in [1.165, 1.54) is 31.4 Å². The molecule has 8 heteroatoms. The second kappa shape index (κ2) is 8.53. The Balaban J connectivity index is 1.66. The highest BCUT2D eigenvalue weighted by molar-refractivity contribution is 7.91. The fourth-order valence-electron chi connectivity index (χ4n) is 2.48. The smallest absolute Gasteiger partial charge is 0.319 e. The number of anilines is 1. The number of aromatic nitrogens is 1. The van der Waals surface area contributed by atoms with Crippen molar-refractivity contribution in [2.24, 2.45) is 0 Å². The van der Waals surface area contributed by atoms with Gasteiger partial charge in [-0.3, -0.25) is 4.98 Å². The highest BCUT2D eigenvalue weighted by atomic mass is 32.2. The van der Waals surface area contributed by atoms with E-state index in [0.717, 1.165) is 5.56 Å². The summed E-state index contributed by atoms with van der Waals surface area (Å²) < 4.78 is 30.6. The van der Waals surface area contributed by atoms with Gasteiger partial charge in [-0.25, -0.2) is 13.2 Å². The molecule has 0 aliphatic carbocycles. The maximum absolute atomic E-state index is 12.7. The molecule has 0 saturated carbocycles. The number of hydrogen-bond acceptors (Lipinski definition) is 5. The van der Waals surface area contributed by atoms with Crippen LogP contribution in [0.1, 0.15) is 5.56 Å². The quantitative estimate of drug-likeness (QED) is 0.665. The average Bonchev–Trinajstić information content (AvgIpc) is 2.73. The van der Waals surface area contributed by atoms with Gasteiger partial charge in [0.2, 0.25) is 9.84 Å². The number of sulfone groups is 1. The summed E-state index contributed by atoms with van der Waals surface area (Å²) in [4.78, 5) is 16.2. The van der Waals surface area contributed by atoms with Crippen molar-refractivity contribution < 1.29 is 17.9 Å². The van der Waals surface area contributed by atoms with Crippen molar-refractivity contribution in [1.82, 2.24) is 10.3 Å². The molecule has 7 nitrogen and oxygen atoms in total. The summed E-state index contributed by atoms with van der Waals surface area (Å²) in [5.41, 5.74) is 1.40. The second-order valence-electron chi connectivity index (χ2n) is 5.87. The highest BCUT2D eigenvalue weighted by Gasteiger charge is 2.18. The molecule has 0 aliphatic rings. The molecule has 0 radical (unpaired) electrons. The van der Waals surface area contributed by atoms with Gasteiger partial charge in [0, 0.05) is 24.6 Å². The molecule has 0 saturated heterocycles. The molecule has 3 rings (SSSR count). The number of hydrogen-bond donors (Lipinski definition) is 2.